The summed E-state index contributed by atoms with van der Waals surface area (Å²) in [6.07, 6.45) is 0. The first-order valence-electron chi connectivity index (χ1n) is 5.33. The lowest BCUT2D eigenvalue weighted by Gasteiger charge is -2.23. The van der Waals surface area contributed by atoms with Gasteiger partial charge in [-0.15, -0.1) is 0 Å². The number of hydrogen-bond donors (Lipinski definition) is 2. The molecule has 18 heavy (non-hydrogen) atoms. The molecule has 0 atom stereocenters. The van der Waals surface area contributed by atoms with Crippen LogP contribution in [0.5, 0.6) is 11.5 Å². The Labute approximate surface area is 107 Å². The topological polar surface area (TPSA) is 83.8 Å². The molecule has 1 aromatic rings. The molecule has 6 nitrogen and oxygen atoms in total. The van der Waals surface area contributed by atoms with Crippen LogP contribution in [0, 0.1) is 0 Å². The molecule has 0 saturated heterocycles. The van der Waals surface area contributed by atoms with Crippen LogP contribution in [0.3, 0.4) is 0 Å². The number of rotatable bonds is 5. The fraction of sp³-hybridized carbons (Fsp3) is 0.455. The maximum Gasteiger partial charge on any atom is 0.298 e. The number of likely N-dealkylation sites (N-methyl/N-ethyl adjacent to an activating group) is 1. The fourth-order valence-corrected chi connectivity index (χ4v) is 1.83. The van der Waals surface area contributed by atoms with Gasteiger partial charge in [0, 0.05) is 6.07 Å². The van der Waals surface area contributed by atoms with E-state index in [4.69, 9.17) is 9.29 Å². The zero-order chi connectivity index (χ0) is 14.0. The molecule has 1 aromatic carbocycles. The summed E-state index contributed by atoms with van der Waals surface area (Å²) in [5.74, 6) is -0.217. The maximum absolute atomic E-state index is 11.0. The van der Waals surface area contributed by atoms with Gasteiger partial charge >= 0.3 is 0 Å². The summed E-state index contributed by atoms with van der Waals surface area (Å²) in [5, 5.41) is 9.33. The first-order chi connectivity index (χ1) is 8.09. The van der Waals surface area contributed by atoms with E-state index in [1.54, 1.807) is 0 Å². The summed E-state index contributed by atoms with van der Waals surface area (Å²) >= 11 is 0. The van der Waals surface area contributed by atoms with Crippen LogP contribution in [0.2, 0.25) is 0 Å². The molecule has 0 aromatic heterocycles. The van der Waals surface area contributed by atoms with E-state index in [1.807, 2.05) is 21.1 Å². The van der Waals surface area contributed by atoms with Crippen LogP contribution in [-0.2, 0) is 10.1 Å². The van der Waals surface area contributed by atoms with Gasteiger partial charge in [0.25, 0.3) is 10.1 Å². The van der Waals surface area contributed by atoms with Crippen molar-refractivity contribution in [2.45, 2.75) is 4.90 Å². The normalized spacial score (nSPS) is 12.4. The third kappa shape index (κ3) is 4.52. The predicted molar refractivity (Wildman–Crippen MR) is 66.3 cm³/mol. The Bertz CT molecular complexity index is 519. The fourth-order valence-electron chi connectivity index (χ4n) is 1.23. The SMILES string of the molecule is C[N+](C)(C)CCOc1ccc(O)c(S(=O)(=O)O)c1. The quantitative estimate of drug-likeness (QED) is 0.611. The van der Waals surface area contributed by atoms with E-state index in [0.29, 0.717) is 11.1 Å². The molecule has 0 amide bonds. The molecule has 0 aliphatic heterocycles. The van der Waals surface area contributed by atoms with Gasteiger partial charge in [0.2, 0.25) is 0 Å². The van der Waals surface area contributed by atoms with Crippen molar-refractivity contribution >= 4 is 10.1 Å². The highest BCUT2D eigenvalue weighted by molar-refractivity contribution is 7.86. The van der Waals surface area contributed by atoms with E-state index in [2.05, 4.69) is 0 Å². The lowest BCUT2D eigenvalue weighted by atomic mass is 10.3. The second kappa shape index (κ2) is 5.13. The number of quaternary nitrogens is 1. The van der Waals surface area contributed by atoms with Crippen molar-refractivity contribution in [2.75, 3.05) is 34.3 Å². The molecule has 0 aliphatic rings. The summed E-state index contributed by atoms with van der Waals surface area (Å²) in [4.78, 5) is -0.551. The van der Waals surface area contributed by atoms with Crippen molar-refractivity contribution < 1.29 is 27.3 Å². The molecule has 0 unspecified atom stereocenters. The second-order valence-electron chi connectivity index (χ2n) is 4.97. The summed E-state index contributed by atoms with van der Waals surface area (Å²) in [6, 6.07) is 3.71. The number of hydrogen-bond acceptors (Lipinski definition) is 4. The third-order valence-corrected chi connectivity index (χ3v) is 3.12. The Kier molecular flexibility index (Phi) is 4.20. The number of phenolic OH excluding ortho intramolecular Hbond substituents is 1. The largest absolute Gasteiger partial charge is 0.506 e. The zero-order valence-electron chi connectivity index (χ0n) is 10.6. The molecule has 7 heteroatoms. The smallest absolute Gasteiger partial charge is 0.298 e. The molecule has 102 valence electrons. The molecular formula is C11H18NO5S+. The van der Waals surface area contributed by atoms with Crippen molar-refractivity contribution in [3.05, 3.63) is 18.2 Å². The molecule has 0 saturated carbocycles. The monoisotopic (exact) mass is 276 g/mol. The van der Waals surface area contributed by atoms with Gasteiger partial charge in [-0.25, -0.2) is 0 Å². The van der Waals surface area contributed by atoms with Gasteiger partial charge in [-0.2, -0.15) is 8.42 Å². The zero-order valence-corrected chi connectivity index (χ0v) is 11.4. The Hall–Kier alpha value is -1.31. The molecule has 0 aliphatic carbocycles. The highest BCUT2D eigenvalue weighted by atomic mass is 32.2. The van der Waals surface area contributed by atoms with Crippen LogP contribution in [0.4, 0.5) is 0 Å². The van der Waals surface area contributed by atoms with Crippen LogP contribution in [0.1, 0.15) is 0 Å². The Balaban J connectivity index is 2.81. The molecule has 0 fully saturated rings. The van der Waals surface area contributed by atoms with E-state index in [1.165, 1.54) is 12.1 Å². The van der Waals surface area contributed by atoms with E-state index < -0.39 is 20.8 Å². The average molecular weight is 276 g/mol. The van der Waals surface area contributed by atoms with Crippen LogP contribution >= 0.6 is 0 Å². The molecule has 0 heterocycles. The van der Waals surface area contributed by atoms with Gasteiger partial charge in [-0.1, -0.05) is 0 Å². The number of nitrogens with zero attached hydrogens (tertiary/aromatic N) is 1. The Morgan fingerprint density at radius 1 is 1.28 bits per heavy atom. The maximum atomic E-state index is 11.0. The number of aromatic hydroxyl groups is 1. The van der Waals surface area contributed by atoms with E-state index in [0.717, 1.165) is 12.6 Å². The highest BCUT2D eigenvalue weighted by Crippen LogP contribution is 2.26. The summed E-state index contributed by atoms with van der Waals surface area (Å²) in [7, 11) is 1.57. The Morgan fingerprint density at radius 3 is 2.39 bits per heavy atom. The molecule has 0 spiro atoms. The van der Waals surface area contributed by atoms with Crippen LogP contribution < -0.4 is 4.74 Å². The average Bonchev–Trinajstić information content (AvgIpc) is 2.17. The first kappa shape index (κ1) is 14.7. The molecule has 0 bridgehead atoms. The van der Waals surface area contributed by atoms with Crippen molar-refractivity contribution in [3.63, 3.8) is 0 Å². The Morgan fingerprint density at radius 2 is 1.89 bits per heavy atom. The van der Waals surface area contributed by atoms with E-state index in [-0.39, 0.29) is 5.75 Å². The lowest BCUT2D eigenvalue weighted by Crippen LogP contribution is -2.38. The minimum Gasteiger partial charge on any atom is -0.506 e. The van der Waals surface area contributed by atoms with Gasteiger partial charge in [0.15, 0.2) is 0 Å². The van der Waals surface area contributed by atoms with Gasteiger partial charge in [-0.3, -0.25) is 4.55 Å². The number of phenols is 1. The standard InChI is InChI=1S/C11H17NO5S/c1-12(2,3)6-7-17-9-4-5-10(13)11(8-9)18(14,15)16/h4-5,8H,6-7H2,1-3H3,(H-,13,14,15,16)/p+1. The first-order valence-corrected chi connectivity index (χ1v) is 6.77. The molecular weight excluding hydrogens is 258 g/mol. The van der Waals surface area contributed by atoms with Gasteiger partial charge < -0.3 is 14.3 Å². The summed E-state index contributed by atoms with van der Waals surface area (Å²) < 4.78 is 36.9. The van der Waals surface area contributed by atoms with Gasteiger partial charge in [0.1, 0.15) is 29.5 Å². The highest BCUT2D eigenvalue weighted by Gasteiger charge is 2.16. The minimum atomic E-state index is -4.44. The van der Waals surface area contributed by atoms with Gasteiger partial charge in [-0.05, 0) is 12.1 Å². The lowest BCUT2D eigenvalue weighted by molar-refractivity contribution is -0.870. The van der Waals surface area contributed by atoms with Gasteiger partial charge in [0.05, 0.1) is 21.1 Å². The van der Waals surface area contributed by atoms with Crippen LogP contribution in [0.15, 0.2) is 23.1 Å². The summed E-state index contributed by atoms with van der Waals surface area (Å²) in [6.45, 7) is 1.14. The van der Waals surface area contributed by atoms with Crippen LogP contribution in [-0.4, -0.2) is 56.9 Å². The van der Waals surface area contributed by atoms with E-state index >= 15 is 0 Å². The number of benzene rings is 1. The predicted octanol–water partition coefficient (Wildman–Crippen LogP) is 0.724. The summed E-state index contributed by atoms with van der Waals surface area (Å²) in [5.41, 5.74) is 0. The number of ether oxygens (including phenoxy) is 1. The van der Waals surface area contributed by atoms with Crippen molar-refractivity contribution in [1.29, 1.82) is 0 Å². The van der Waals surface area contributed by atoms with Crippen molar-refractivity contribution in [2.24, 2.45) is 0 Å². The van der Waals surface area contributed by atoms with Crippen molar-refractivity contribution in [3.8, 4) is 11.5 Å². The molecule has 2 N–H and O–H groups in total. The van der Waals surface area contributed by atoms with Crippen molar-refractivity contribution in [1.82, 2.24) is 0 Å². The third-order valence-electron chi connectivity index (χ3n) is 2.24. The second-order valence-corrected chi connectivity index (χ2v) is 6.36. The molecule has 0 radical (unpaired) electrons. The molecule has 1 rings (SSSR count). The minimum absolute atomic E-state index is 0.286. The van der Waals surface area contributed by atoms with Crippen LogP contribution in [0.25, 0.3) is 0 Å². The van der Waals surface area contributed by atoms with E-state index in [9.17, 15) is 13.5 Å².